The molecule has 1 unspecified atom stereocenters. The number of carboxylic acids is 1. The van der Waals surface area contributed by atoms with Crippen LogP contribution in [0.5, 0.6) is 0 Å². The molecule has 1 atom stereocenters. The van der Waals surface area contributed by atoms with Gasteiger partial charge in [0.2, 0.25) is 22.3 Å². The number of anilines is 2. The minimum Gasteiger partial charge on any atom is -0.480 e. The predicted octanol–water partition coefficient (Wildman–Crippen LogP) is 3.17. The van der Waals surface area contributed by atoms with Crippen LogP contribution in [0.1, 0.15) is 56.8 Å². The van der Waals surface area contributed by atoms with Crippen molar-refractivity contribution in [3.63, 3.8) is 0 Å². The number of benzene rings is 2. The number of imidazole rings is 1. The smallest absolute Gasteiger partial charge is 0.329 e. The fourth-order valence-electron chi connectivity index (χ4n) is 6.11. The van der Waals surface area contributed by atoms with E-state index in [1.165, 1.54) is 11.6 Å². The fourth-order valence-corrected chi connectivity index (χ4v) is 7.00. The van der Waals surface area contributed by atoms with Gasteiger partial charge in [0.05, 0.1) is 28.8 Å². The van der Waals surface area contributed by atoms with Crippen molar-refractivity contribution < 1.29 is 31.9 Å². The Bertz CT molecular complexity index is 1970. The summed E-state index contributed by atoms with van der Waals surface area (Å²) in [5, 5.41) is 14.8. The van der Waals surface area contributed by atoms with Crippen molar-refractivity contribution in [1.82, 2.24) is 19.9 Å². The second-order valence-corrected chi connectivity index (χ2v) is 12.4. The maximum atomic E-state index is 15.7. The van der Waals surface area contributed by atoms with E-state index in [2.05, 4.69) is 20.6 Å². The first-order valence-corrected chi connectivity index (χ1v) is 15.8. The number of aromatic nitrogens is 3. The van der Waals surface area contributed by atoms with Crippen LogP contribution in [0.3, 0.4) is 0 Å². The Balaban J connectivity index is 1.41. The molecule has 2 aromatic carbocycles. The quantitative estimate of drug-likeness (QED) is 0.162. The number of pyridine rings is 1. The zero-order valence-electron chi connectivity index (χ0n) is 25.7. The summed E-state index contributed by atoms with van der Waals surface area (Å²) in [5.41, 5.74) is 1.90. The van der Waals surface area contributed by atoms with Crippen LogP contribution in [-0.2, 0) is 42.1 Å². The average molecular weight is 657 g/mol. The molecule has 2 heterocycles. The zero-order chi connectivity index (χ0) is 33.4. The number of halogens is 2. The lowest BCUT2D eigenvalue weighted by Gasteiger charge is -2.28. The number of H-pyrrole nitrogens is 1. The first kappa shape index (κ1) is 32.6. The third-order valence-corrected chi connectivity index (χ3v) is 8.99. The first-order valence-electron chi connectivity index (χ1n) is 14.6. The molecular formula is C31H34F2N6O6S. The van der Waals surface area contributed by atoms with Gasteiger partial charge in [-0.2, -0.15) is 0 Å². The van der Waals surface area contributed by atoms with E-state index < -0.39 is 63.4 Å². The van der Waals surface area contributed by atoms with Crippen LogP contribution in [0.25, 0.3) is 10.9 Å². The normalized spacial score (nSPS) is 13.5. The van der Waals surface area contributed by atoms with E-state index in [9.17, 15) is 27.9 Å². The van der Waals surface area contributed by atoms with Gasteiger partial charge in [-0.15, -0.1) is 0 Å². The Kier molecular flexibility index (Phi) is 9.15. The molecule has 2 aromatic heterocycles. The van der Waals surface area contributed by atoms with Gasteiger partial charge >= 0.3 is 5.97 Å². The summed E-state index contributed by atoms with van der Waals surface area (Å²) in [6, 6.07) is 2.51. The van der Waals surface area contributed by atoms with E-state index in [1.54, 1.807) is 26.0 Å². The number of hydrogen-bond donors (Lipinski definition) is 5. The molecule has 1 aliphatic carbocycles. The Morgan fingerprint density at radius 3 is 2.43 bits per heavy atom. The van der Waals surface area contributed by atoms with Crippen molar-refractivity contribution in [2.75, 3.05) is 16.2 Å². The van der Waals surface area contributed by atoms with E-state index in [0.29, 0.717) is 21.4 Å². The number of thiol groups is 1. The Labute approximate surface area is 264 Å². The minimum absolute atomic E-state index is 0.160. The summed E-state index contributed by atoms with van der Waals surface area (Å²) in [6.07, 6.45) is 4.79. The van der Waals surface area contributed by atoms with Gasteiger partial charge in [0, 0.05) is 31.0 Å². The SMILES string of the molecule is Cc1cc(C)c(N(C(CNC(=O)c2cn(C)c3c(F)c(CNc4nc5c([nH]4)CCCC5)c(F)cc3c2=O)C(=O)O)[SH](=O)=O)c(C)c1. The fraction of sp³-hybridized carbons (Fsp3) is 0.355. The largest absolute Gasteiger partial charge is 0.480 e. The Hall–Kier alpha value is -4.79. The molecule has 46 heavy (non-hydrogen) atoms. The third kappa shape index (κ3) is 6.18. The van der Waals surface area contributed by atoms with Crippen LogP contribution in [0.4, 0.5) is 20.4 Å². The number of aromatic amines is 1. The lowest BCUT2D eigenvalue weighted by molar-refractivity contribution is -0.138. The molecule has 5 rings (SSSR count). The van der Waals surface area contributed by atoms with E-state index in [4.69, 9.17) is 0 Å². The maximum absolute atomic E-state index is 15.7. The van der Waals surface area contributed by atoms with Crippen molar-refractivity contribution in [2.24, 2.45) is 7.05 Å². The van der Waals surface area contributed by atoms with Crippen molar-refractivity contribution >= 4 is 45.3 Å². The van der Waals surface area contributed by atoms with Crippen LogP contribution in [0.15, 0.2) is 29.2 Å². The number of aryl methyl sites for hydroxylation is 6. The van der Waals surface area contributed by atoms with Gasteiger partial charge in [-0.3, -0.25) is 13.9 Å². The van der Waals surface area contributed by atoms with Gasteiger partial charge in [-0.1, -0.05) is 17.7 Å². The second kappa shape index (κ2) is 12.9. The van der Waals surface area contributed by atoms with Crippen molar-refractivity contribution in [1.29, 1.82) is 0 Å². The highest BCUT2D eigenvalue weighted by molar-refractivity contribution is 7.74. The molecule has 4 N–H and O–H groups in total. The van der Waals surface area contributed by atoms with Crippen LogP contribution in [-0.4, -0.2) is 52.5 Å². The number of nitrogens with one attached hydrogen (secondary N) is 3. The topological polar surface area (TPSA) is 166 Å². The van der Waals surface area contributed by atoms with Crippen molar-refractivity contribution in [3.8, 4) is 0 Å². The number of aliphatic carboxylic acids is 1. The number of nitrogens with zero attached hydrogens (tertiary/aromatic N) is 3. The molecule has 0 spiro atoms. The summed E-state index contributed by atoms with van der Waals surface area (Å²) >= 11 is 0. The highest BCUT2D eigenvalue weighted by Crippen LogP contribution is 2.29. The van der Waals surface area contributed by atoms with Crippen LogP contribution >= 0.6 is 0 Å². The summed E-state index contributed by atoms with van der Waals surface area (Å²) < 4.78 is 57.4. The highest BCUT2D eigenvalue weighted by Gasteiger charge is 2.31. The number of amides is 1. The number of carbonyl (C=O) groups excluding carboxylic acids is 1. The predicted molar refractivity (Wildman–Crippen MR) is 169 cm³/mol. The van der Waals surface area contributed by atoms with Crippen LogP contribution < -0.4 is 20.4 Å². The molecule has 0 saturated carbocycles. The van der Waals surface area contributed by atoms with Crippen molar-refractivity contribution in [2.45, 2.75) is 59.0 Å². The number of hydrogen-bond acceptors (Lipinski definition) is 7. The van der Waals surface area contributed by atoms with Gasteiger partial charge in [0.25, 0.3) is 5.91 Å². The molecule has 15 heteroatoms. The standard InChI is InChI=1S/C31H34F2N6O6S/c1-15-9-16(2)26(17(3)10-15)39(46(44)45)24(30(42)43)13-34-29(41)20-14-38(4)27-18(28(20)40)11-21(32)19(25(27)33)12-35-31-36-22-7-5-6-8-23(22)37-31/h9-11,14,24,46H,5-8,12-13H2,1-4H3,(H,34,41)(H,42,43)(H2,35,36,37). The molecule has 1 aliphatic rings. The number of rotatable bonds is 10. The van der Waals surface area contributed by atoms with Gasteiger partial charge in [0.15, 0.2) is 11.9 Å². The van der Waals surface area contributed by atoms with Crippen LogP contribution in [0, 0.1) is 32.4 Å². The monoisotopic (exact) mass is 656 g/mol. The molecule has 12 nitrogen and oxygen atoms in total. The lowest BCUT2D eigenvalue weighted by atomic mass is 10.0. The number of carbonyl (C=O) groups is 2. The van der Waals surface area contributed by atoms with E-state index in [1.807, 2.05) is 6.92 Å². The summed E-state index contributed by atoms with van der Waals surface area (Å²) in [5.74, 6) is -4.19. The van der Waals surface area contributed by atoms with Gasteiger partial charge in [-0.05, 0) is 63.6 Å². The maximum Gasteiger partial charge on any atom is 0.329 e. The molecule has 1 amide bonds. The molecule has 0 saturated heterocycles. The van der Waals surface area contributed by atoms with Gasteiger partial charge in [0.1, 0.15) is 11.4 Å². The van der Waals surface area contributed by atoms with E-state index in [0.717, 1.165) is 54.9 Å². The van der Waals surface area contributed by atoms with Gasteiger partial charge in [-0.25, -0.2) is 27.0 Å². The molecule has 0 fully saturated rings. The summed E-state index contributed by atoms with van der Waals surface area (Å²) in [7, 11) is -2.08. The van der Waals surface area contributed by atoms with Crippen molar-refractivity contribution in [3.05, 3.63) is 85.5 Å². The molecule has 0 aliphatic heterocycles. The minimum atomic E-state index is -3.46. The zero-order valence-corrected chi connectivity index (χ0v) is 26.6. The average Bonchev–Trinajstić information content (AvgIpc) is 3.40. The third-order valence-electron chi connectivity index (χ3n) is 8.16. The number of carboxylic acid groups (broad SMARTS) is 1. The Morgan fingerprint density at radius 1 is 1.13 bits per heavy atom. The summed E-state index contributed by atoms with van der Waals surface area (Å²) in [4.78, 5) is 46.3. The summed E-state index contributed by atoms with van der Waals surface area (Å²) in [6.45, 7) is 4.13. The first-order chi connectivity index (χ1) is 21.8. The molecule has 0 radical (unpaired) electrons. The molecular weight excluding hydrogens is 622 g/mol. The molecule has 4 aromatic rings. The van der Waals surface area contributed by atoms with Crippen LogP contribution in [0.2, 0.25) is 0 Å². The van der Waals surface area contributed by atoms with E-state index in [-0.39, 0.29) is 23.3 Å². The number of fused-ring (bicyclic) bond motifs is 2. The second-order valence-electron chi connectivity index (χ2n) is 11.5. The Morgan fingerprint density at radius 2 is 1.80 bits per heavy atom. The van der Waals surface area contributed by atoms with E-state index >= 15 is 8.78 Å². The lowest BCUT2D eigenvalue weighted by Crippen LogP contribution is -2.49. The molecule has 244 valence electrons. The molecule has 0 bridgehead atoms. The van der Waals surface area contributed by atoms with Gasteiger partial charge < -0.3 is 25.3 Å². The highest BCUT2D eigenvalue weighted by atomic mass is 32.2.